The monoisotopic (exact) mass is 307 g/mol. The standard InChI is InChI=1S/C14H17N3OS2/c1-8-6-17(7-9(2)19-8)14(18)13-12(15)10-3-4-16-5-11(10)20-13/h3-5,8-9H,6-7,15H2,1-2H3. The number of pyridine rings is 1. The first-order valence-electron chi connectivity index (χ1n) is 6.63. The van der Waals surface area contributed by atoms with Gasteiger partial charge in [0.25, 0.3) is 5.91 Å². The lowest BCUT2D eigenvalue weighted by Gasteiger charge is -2.34. The van der Waals surface area contributed by atoms with E-state index in [1.165, 1.54) is 11.3 Å². The lowest BCUT2D eigenvalue weighted by Crippen LogP contribution is -2.43. The van der Waals surface area contributed by atoms with Crippen LogP contribution in [0.5, 0.6) is 0 Å². The Morgan fingerprint density at radius 3 is 2.75 bits per heavy atom. The van der Waals surface area contributed by atoms with Crippen LogP contribution in [0.2, 0.25) is 0 Å². The molecule has 0 aliphatic carbocycles. The van der Waals surface area contributed by atoms with Gasteiger partial charge < -0.3 is 10.6 Å². The van der Waals surface area contributed by atoms with Crippen molar-refractivity contribution in [2.24, 2.45) is 0 Å². The first kappa shape index (κ1) is 13.7. The number of thiophene rings is 1. The maximum Gasteiger partial charge on any atom is 0.266 e. The Labute approximate surface area is 126 Å². The Bertz CT molecular complexity index is 645. The lowest BCUT2D eigenvalue weighted by atomic mass is 10.2. The summed E-state index contributed by atoms with van der Waals surface area (Å²) < 4.78 is 0.973. The number of thioether (sulfide) groups is 1. The van der Waals surface area contributed by atoms with Gasteiger partial charge in [0.1, 0.15) is 4.88 Å². The Hall–Kier alpha value is -1.27. The van der Waals surface area contributed by atoms with E-state index in [-0.39, 0.29) is 5.91 Å². The average Bonchev–Trinajstić information content (AvgIpc) is 2.75. The summed E-state index contributed by atoms with van der Waals surface area (Å²) in [7, 11) is 0. The largest absolute Gasteiger partial charge is 0.397 e. The van der Waals surface area contributed by atoms with E-state index in [2.05, 4.69) is 18.8 Å². The van der Waals surface area contributed by atoms with E-state index in [9.17, 15) is 4.79 Å². The van der Waals surface area contributed by atoms with Crippen LogP contribution < -0.4 is 5.73 Å². The summed E-state index contributed by atoms with van der Waals surface area (Å²) in [4.78, 5) is 19.4. The van der Waals surface area contributed by atoms with E-state index in [0.29, 0.717) is 21.1 Å². The maximum absolute atomic E-state index is 12.7. The Kier molecular flexibility index (Phi) is 3.60. The van der Waals surface area contributed by atoms with Crippen molar-refractivity contribution in [1.29, 1.82) is 0 Å². The number of rotatable bonds is 1. The van der Waals surface area contributed by atoms with Gasteiger partial charge in [0.2, 0.25) is 0 Å². The molecule has 2 aromatic heterocycles. The third-order valence-electron chi connectivity index (χ3n) is 3.43. The molecule has 3 heterocycles. The molecule has 1 amide bonds. The number of hydrogen-bond donors (Lipinski definition) is 1. The van der Waals surface area contributed by atoms with Crippen LogP contribution in [0.25, 0.3) is 10.1 Å². The van der Waals surface area contributed by atoms with Gasteiger partial charge in [0.15, 0.2) is 0 Å². The molecule has 0 bridgehead atoms. The molecule has 4 nitrogen and oxygen atoms in total. The van der Waals surface area contributed by atoms with Gasteiger partial charge in [-0.1, -0.05) is 13.8 Å². The van der Waals surface area contributed by atoms with Gasteiger partial charge in [-0.15, -0.1) is 11.3 Å². The van der Waals surface area contributed by atoms with E-state index >= 15 is 0 Å². The first-order chi connectivity index (χ1) is 9.56. The summed E-state index contributed by atoms with van der Waals surface area (Å²) in [6.45, 7) is 5.91. The molecule has 0 spiro atoms. The van der Waals surface area contributed by atoms with Crippen LogP contribution in [0.15, 0.2) is 18.5 Å². The van der Waals surface area contributed by atoms with Crippen molar-refractivity contribution in [2.75, 3.05) is 18.8 Å². The SMILES string of the molecule is CC1CN(C(=O)c2sc3cnccc3c2N)CC(C)S1. The highest BCUT2D eigenvalue weighted by Gasteiger charge is 2.29. The Morgan fingerprint density at radius 2 is 2.10 bits per heavy atom. The number of nitrogens with two attached hydrogens (primary N) is 1. The fourth-order valence-electron chi connectivity index (χ4n) is 2.62. The second-order valence-corrected chi connectivity index (χ2v) is 8.12. The van der Waals surface area contributed by atoms with Gasteiger partial charge in [-0.05, 0) is 6.07 Å². The minimum Gasteiger partial charge on any atom is -0.397 e. The third-order valence-corrected chi connectivity index (χ3v) is 5.80. The van der Waals surface area contributed by atoms with Crippen LogP contribution in [0.1, 0.15) is 23.5 Å². The molecule has 2 N–H and O–H groups in total. The van der Waals surface area contributed by atoms with E-state index in [1.54, 1.807) is 12.4 Å². The van der Waals surface area contributed by atoms with Crippen LogP contribution in [0, 0.1) is 0 Å². The molecule has 0 saturated carbocycles. The minimum absolute atomic E-state index is 0.0581. The molecule has 2 unspecified atom stereocenters. The Balaban J connectivity index is 1.94. The number of aromatic nitrogens is 1. The summed E-state index contributed by atoms with van der Waals surface area (Å²) in [5.41, 5.74) is 6.74. The number of carbonyl (C=O) groups is 1. The topological polar surface area (TPSA) is 59.2 Å². The van der Waals surface area contributed by atoms with Crippen LogP contribution in [0.4, 0.5) is 5.69 Å². The van der Waals surface area contributed by atoms with E-state index < -0.39 is 0 Å². The molecule has 3 rings (SSSR count). The molecule has 1 saturated heterocycles. The number of nitrogens with zero attached hydrogens (tertiary/aromatic N) is 2. The predicted molar refractivity (Wildman–Crippen MR) is 86.5 cm³/mol. The molecule has 2 aromatic rings. The maximum atomic E-state index is 12.7. The summed E-state index contributed by atoms with van der Waals surface area (Å²) >= 11 is 3.38. The summed E-state index contributed by atoms with van der Waals surface area (Å²) in [6, 6.07) is 1.87. The molecule has 20 heavy (non-hydrogen) atoms. The summed E-state index contributed by atoms with van der Waals surface area (Å²) in [5.74, 6) is 0.0581. The Morgan fingerprint density at radius 1 is 1.40 bits per heavy atom. The summed E-state index contributed by atoms with van der Waals surface area (Å²) in [6.07, 6.45) is 3.48. The lowest BCUT2D eigenvalue weighted by molar-refractivity contribution is 0.0759. The molecule has 0 radical (unpaired) electrons. The number of fused-ring (bicyclic) bond motifs is 1. The zero-order chi connectivity index (χ0) is 14.3. The van der Waals surface area contributed by atoms with E-state index in [1.807, 2.05) is 22.7 Å². The molecule has 6 heteroatoms. The van der Waals surface area contributed by atoms with Crippen LogP contribution >= 0.6 is 23.1 Å². The van der Waals surface area contributed by atoms with E-state index in [0.717, 1.165) is 23.2 Å². The number of amides is 1. The molecule has 1 fully saturated rings. The molecular formula is C14H17N3OS2. The molecule has 0 aromatic carbocycles. The number of anilines is 1. The predicted octanol–water partition coefficient (Wildman–Crippen LogP) is 2.84. The normalized spacial score (nSPS) is 23.2. The number of nitrogen functional groups attached to an aromatic ring is 1. The van der Waals surface area contributed by atoms with Crippen molar-refractivity contribution in [3.63, 3.8) is 0 Å². The number of hydrogen-bond acceptors (Lipinski definition) is 5. The van der Waals surface area contributed by atoms with Gasteiger partial charge in [-0.3, -0.25) is 9.78 Å². The molecule has 2 atom stereocenters. The smallest absolute Gasteiger partial charge is 0.266 e. The molecular weight excluding hydrogens is 290 g/mol. The summed E-state index contributed by atoms with van der Waals surface area (Å²) in [5, 5.41) is 1.88. The number of carbonyl (C=O) groups excluding carboxylic acids is 1. The van der Waals surface area contributed by atoms with Crippen molar-refractivity contribution >= 4 is 44.8 Å². The third kappa shape index (κ3) is 2.38. The van der Waals surface area contributed by atoms with Gasteiger partial charge in [-0.25, -0.2) is 0 Å². The second-order valence-electron chi connectivity index (χ2n) is 5.18. The van der Waals surface area contributed by atoms with Gasteiger partial charge in [-0.2, -0.15) is 11.8 Å². The highest BCUT2D eigenvalue weighted by atomic mass is 32.2. The van der Waals surface area contributed by atoms with E-state index in [4.69, 9.17) is 5.73 Å². The second kappa shape index (κ2) is 5.26. The minimum atomic E-state index is 0.0581. The molecule has 1 aliphatic rings. The first-order valence-corrected chi connectivity index (χ1v) is 8.39. The highest BCUT2D eigenvalue weighted by Crippen LogP contribution is 2.35. The van der Waals surface area contributed by atoms with Crippen LogP contribution in [-0.4, -0.2) is 39.4 Å². The molecule has 1 aliphatic heterocycles. The zero-order valence-corrected chi connectivity index (χ0v) is 13.1. The van der Waals surface area contributed by atoms with Crippen LogP contribution in [0.3, 0.4) is 0 Å². The van der Waals surface area contributed by atoms with Crippen molar-refractivity contribution < 1.29 is 4.79 Å². The molecule has 106 valence electrons. The van der Waals surface area contributed by atoms with Crippen molar-refractivity contribution in [2.45, 2.75) is 24.3 Å². The van der Waals surface area contributed by atoms with Gasteiger partial charge in [0, 0.05) is 41.4 Å². The van der Waals surface area contributed by atoms with Crippen LogP contribution in [-0.2, 0) is 0 Å². The average molecular weight is 307 g/mol. The fraction of sp³-hybridized carbons (Fsp3) is 0.429. The van der Waals surface area contributed by atoms with Gasteiger partial charge in [0.05, 0.1) is 10.4 Å². The quantitative estimate of drug-likeness (QED) is 0.880. The van der Waals surface area contributed by atoms with Crippen molar-refractivity contribution in [1.82, 2.24) is 9.88 Å². The fourth-order valence-corrected chi connectivity index (χ4v) is 5.00. The van der Waals surface area contributed by atoms with Crippen molar-refractivity contribution in [3.05, 3.63) is 23.3 Å². The van der Waals surface area contributed by atoms with Crippen molar-refractivity contribution in [3.8, 4) is 0 Å². The zero-order valence-electron chi connectivity index (χ0n) is 11.5. The highest BCUT2D eigenvalue weighted by molar-refractivity contribution is 8.00. The van der Waals surface area contributed by atoms with Gasteiger partial charge >= 0.3 is 0 Å².